The smallest absolute Gasteiger partial charge is 0.241 e. The van der Waals surface area contributed by atoms with E-state index in [1.165, 1.54) is 12.1 Å². The first-order valence-corrected chi connectivity index (χ1v) is 9.53. The summed E-state index contributed by atoms with van der Waals surface area (Å²) in [7, 11) is -3.72. The molecule has 0 bridgehead atoms. The van der Waals surface area contributed by atoms with Crippen molar-refractivity contribution in [1.29, 1.82) is 0 Å². The van der Waals surface area contributed by atoms with Crippen molar-refractivity contribution in [3.8, 4) is 0 Å². The Bertz CT molecular complexity index is 823. The number of halogens is 2. The largest absolute Gasteiger partial charge is 0.325 e. The molecule has 0 unspecified atom stereocenters. The molecule has 0 saturated carbocycles. The second-order valence-corrected chi connectivity index (χ2v) is 8.23. The molecule has 2 aromatic rings. The van der Waals surface area contributed by atoms with Crippen LogP contribution in [0.3, 0.4) is 0 Å². The molecule has 0 atom stereocenters. The number of anilines is 1. The van der Waals surface area contributed by atoms with Crippen molar-refractivity contribution in [1.82, 2.24) is 4.72 Å². The van der Waals surface area contributed by atoms with Gasteiger partial charge < -0.3 is 5.32 Å². The van der Waals surface area contributed by atoms with Crippen LogP contribution in [0.5, 0.6) is 0 Å². The van der Waals surface area contributed by atoms with Crippen LogP contribution in [0, 0.1) is 10.5 Å². The zero-order valence-corrected chi connectivity index (χ0v) is 15.9. The lowest BCUT2D eigenvalue weighted by molar-refractivity contribution is -0.115. The minimum absolute atomic E-state index is 0.115. The van der Waals surface area contributed by atoms with Crippen LogP contribution < -0.4 is 10.0 Å². The van der Waals surface area contributed by atoms with E-state index in [1.807, 2.05) is 6.92 Å². The highest BCUT2D eigenvalue weighted by molar-refractivity contribution is 14.1. The number of benzene rings is 2. The lowest BCUT2D eigenvalue weighted by Crippen LogP contribution is -2.33. The fourth-order valence-corrected chi connectivity index (χ4v) is 3.29. The number of carbonyl (C=O) groups is 1. The van der Waals surface area contributed by atoms with Gasteiger partial charge >= 0.3 is 0 Å². The van der Waals surface area contributed by atoms with E-state index in [-0.39, 0.29) is 11.4 Å². The highest BCUT2D eigenvalue weighted by atomic mass is 127. The van der Waals surface area contributed by atoms with Gasteiger partial charge in [-0.3, -0.25) is 4.79 Å². The Morgan fingerprint density at radius 1 is 1.17 bits per heavy atom. The molecule has 5 nitrogen and oxygen atoms in total. The Hall–Kier alpha value is -1.16. The van der Waals surface area contributed by atoms with Crippen molar-refractivity contribution >= 4 is 55.8 Å². The first-order valence-electron chi connectivity index (χ1n) is 6.59. The highest BCUT2D eigenvalue weighted by Crippen LogP contribution is 2.20. The van der Waals surface area contributed by atoms with Crippen LogP contribution in [0.25, 0.3) is 0 Å². The molecule has 122 valence electrons. The van der Waals surface area contributed by atoms with Gasteiger partial charge in [0.1, 0.15) is 0 Å². The van der Waals surface area contributed by atoms with E-state index in [9.17, 15) is 13.2 Å². The third-order valence-corrected chi connectivity index (χ3v) is 5.39. The zero-order valence-electron chi connectivity index (χ0n) is 12.1. The van der Waals surface area contributed by atoms with Crippen molar-refractivity contribution in [2.45, 2.75) is 11.8 Å². The summed E-state index contributed by atoms with van der Waals surface area (Å²) in [6.07, 6.45) is 0. The van der Waals surface area contributed by atoms with Gasteiger partial charge in [0.2, 0.25) is 15.9 Å². The van der Waals surface area contributed by atoms with E-state index in [0.29, 0.717) is 10.7 Å². The van der Waals surface area contributed by atoms with Crippen molar-refractivity contribution in [2.75, 3.05) is 11.9 Å². The predicted molar refractivity (Wildman–Crippen MR) is 99.2 cm³/mol. The molecule has 0 radical (unpaired) electrons. The Kier molecular flexibility index (Phi) is 6.01. The van der Waals surface area contributed by atoms with Crippen molar-refractivity contribution < 1.29 is 13.2 Å². The first kappa shape index (κ1) is 18.2. The average Bonchev–Trinajstić information content (AvgIpc) is 2.49. The van der Waals surface area contributed by atoms with Gasteiger partial charge in [0, 0.05) is 14.3 Å². The van der Waals surface area contributed by atoms with Crippen LogP contribution in [0.15, 0.2) is 47.4 Å². The Labute approximate surface area is 153 Å². The summed E-state index contributed by atoms with van der Waals surface area (Å²) in [4.78, 5) is 12.0. The summed E-state index contributed by atoms with van der Waals surface area (Å²) in [5, 5.41) is 3.12. The average molecular weight is 465 g/mol. The predicted octanol–water partition coefficient (Wildman–Crippen LogP) is 3.17. The van der Waals surface area contributed by atoms with Gasteiger partial charge in [-0.15, -0.1) is 0 Å². The molecule has 2 N–H and O–H groups in total. The monoisotopic (exact) mass is 464 g/mol. The molecular formula is C15H14ClIN2O3S. The van der Waals surface area contributed by atoms with Crippen molar-refractivity contribution in [2.24, 2.45) is 0 Å². The number of sulfonamides is 1. The first-order chi connectivity index (χ1) is 10.8. The molecule has 0 fully saturated rings. The quantitative estimate of drug-likeness (QED) is 0.668. The van der Waals surface area contributed by atoms with E-state index in [4.69, 9.17) is 11.6 Å². The maximum Gasteiger partial charge on any atom is 0.241 e. The Morgan fingerprint density at radius 3 is 2.48 bits per heavy atom. The summed E-state index contributed by atoms with van der Waals surface area (Å²) < 4.78 is 27.4. The minimum atomic E-state index is -3.72. The number of amides is 1. The number of carbonyl (C=O) groups excluding carboxylic acids is 1. The fourth-order valence-electron chi connectivity index (χ4n) is 1.78. The summed E-state index contributed by atoms with van der Waals surface area (Å²) >= 11 is 7.96. The van der Waals surface area contributed by atoms with Crippen LogP contribution in [0.1, 0.15) is 5.56 Å². The van der Waals surface area contributed by atoms with Crippen LogP contribution in [-0.2, 0) is 14.8 Å². The van der Waals surface area contributed by atoms with E-state index >= 15 is 0 Å². The van der Waals surface area contributed by atoms with E-state index in [0.717, 1.165) is 9.13 Å². The number of hydrogen-bond acceptors (Lipinski definition) is 3. The topological polar surface area (TPSA) is 75.3 Å². The van der Waals surface area contributed by atoms with Crippen molar-refractivity contribution in [3.05, 3.63) is 56.6 Å². The van der Waals surface area contributed by atoms with Gasteiger partial charge in [-0.1, -0.05) is 17.7 Å². The van der Waals surface area contributed by atoms with Gasteiger partial charge in [-0.2, -0.15) is 0 Å². The summed E-state index contributed by atoms with van der Waals surface area (Å²) in [5.74, 6) is -0.468. The van der Waals surface area contributed by atoms with Gasteiger partial charge in [-0.05, 0) is 71.5 Å². The molecular weight excluding hydrogens is 451 g/mol. The molecule has 0 aliphatic heterocycles. The van der Waals surface area contributed by atoms with Gasteiger partial charge in [0.25, 0.3) is 0 Å². The molecule has 0 heterocycles. The number of rotatable bonds is 5. The lowest BCUT2D eigenvalue weighted by atomic mass is 10.2. The summed E-state index contributed by atoms with van der Waals surface area (Å²) in [5.41, 5.74) is 1.39. The summed E-state index contributed by atoms with van der Waals surface area (Å²) in [6.45, 7) is 1.46. The van der Waals surface area contributed by atoms with Crippen LogP contribution in [0.4, 0.5) is 5.69 Å². The Morgan fingerprint density at radius 2 is 1.83 bits per heavy atom. The molecule has 0 aliphatic carbocycles. The number of hydrogen-bond donors (Lipinski definition) is 2. The number of nitrogens with one attached hydrogen (secondary N) is 2. The van der Waals surface area contributed by atoms with E-state index in [1.54, 1.807) is 30.3 Å². The lowest BCUT2D eigenvalue weighted by Gasteiger charge is -2.10. The molecule has 0 aromatic heterocycles. The van der Waals surface area contributed by atoms with Crippen LogP contribution >= 0.6 is 34.2 Å². The molecule has 0 spiro atoms. The highest BCUT2D eigenvalue weighted by Gasteiger charge is 2.15. The van der Waals surface area contributed by atoms with E-state index < -0.39 is 15.9 Å². The molecule has 1 amide bonds. The molecule has 0 saturated heterocycles. The number of aryl methyl sites for hydroxylation is 1. The third-order valence-electron chi connectivity index (χ3n) is 3.02. The second-order valence-electron chi connectivity index (χ2n) is 4.79. The maximum atomic E-state index is 12.1. The fraction of sp³-hybridized carbons (Fsp3) is 0.133. The van der Waals surface area contributed by atoms with Crippen LogP contribution in [-0.4, -0.2) is 20.9 Å². The standard InChI is InChI=1S/C15H14ClIN2O3S/c1-10-2-3-11(16)8-14(10)19-15(20)9-18-23(21,22)13-6-4-12(17)5-7-13/h2-8,18H,9H2,1H3,(H,19,20). The van der Waals surface area contributed by atoms with Crippen molar-refractivity contribution in [3.63, 3.8) is 0 Å². The normalized spacial score (nSPS) is 11.3. The molecule has 0 aliphatic rings. The molecule has 2 aromatic carbocycles. The summed E-state index contributed by atoms with van der Waals surface area (Å²) in [6, 6.07) is 11.4. The second kappa shape index (κ2) is 7.61. The zero-order chi connectivity index (χ0) is 17.0. The van der Waals surface area contributed by atoms with Gasteiger partial charge in [-0.25, -0.2) is 13.1 Å². The molecule has 2 rings (SSSR count). The molecule has 8 heteroatoms. The van der Waals surface area contributed by atoms with Gasteiger partial charge in [0.05, 0.1) is 11.4 Å². The SMILES string of the molecule is Cc1ccc(Cl)cc1NC(=O)CNS(=O)(=O)c1ccc(I)cc1. The maximum absolute atomic E-state index is 12.1. The van der Waals surface area contributed by atoms with E-state index in [2.05, 4.69) is 32.6 Å². The molecule has 23 heavy (non-hydrogen) atoms. The third kappa shape index (κ3) is 5.17. The minimum Gasteiger partial charge on any atom is -0.325 e. The van der Waals surface area contributed by atoms with Gasteiger partial charge in [0.15, 0.2) is 0 Å². The van der Waals surface area contributed by atoms with Crippen LogP contribution in [0.2, 0.25) is 5.02 Å². The Balaban J connectivity index is 2.01.